The summed E-state index contributed by atoms with van der Waals surface area (Å²) in [5.41, 5.74) is 1.91. The van der Waals surface area contributed by atoms with E-state index in [9.17, 15) is 8.78 Å². The maximum absolute atomic E-state index is 13.1. The minimum Gasteiger partial charge on any atom is -0.377 e. The van der Waals surface area contributed by atoms with Gasteiger partial charge in [0.1, 0.15) is 0 Å². The second-order valence-electron chi connectivity index (χ2n) is 8.78. The molecule has 32 heavy (non-hydrogen) atoms. The molecular formula is C20H25F2N7OS2. The van der Waals surface area contributed by atoms with Gasteiger partial charge >= 0.3 is 0 Å². The lowest BCUT2D eigenvalue weighted by molar-refractivity contribution is -0.0510. The molecule has 2 fully saturated rings. The summed E-state index contributed by atoms with van der Waals surface area (Å²) in [5.74, 6) is 0.516. The molecule has 172 valence electrons. The fourth-order valence-corrected chi connectivity index (χ4v) is 5.61. The monoisotopic (exact) mass is 481 g/mol. The Labute approximate surface area is 192 Å². The minimum atomic E-state index is -2.65. The Bertz CT molecular complexity index is 1110. The number of ether oxygens (including phenoxy) is 1. The fourth-order valence-electron chi connectivity index (χ4n) is 4.11. The third kappa shape index (κ3) is 4.21. The fraction of sp³-hybridized carbons (Fsp3) is 0.550. The molecule has 3 aromatic heterocycles. The first-order chi connectivity index (χ1) is 15.3. The van der Waals surface area contributed by atoms with Crippen molar-refractivity contribution in [3.05, 3.63) is 23.5 Å². The van der Waals surface area contributed by atoms with Gasteiger partial charge in [0.2, 0.25) is 0 Å². The summed E-state index contributed by atoms with van der Waals surface area (Å²) in [6, 6.07) is 2.86. The van der Waals surface area contributed by atoms with Gasteiger partial charge in [-0.2, -0.15) is 0 Å². The van der Waals surface area contributed by atoms with Gasteiger partial charge in [-0.1, -0.05) is 11.3 Å². The average Bonchev–Trinajstić information content (AvgIpc) is 3.36. The van der Waals surface area contributed by atoms with Crippen LogP contribution >= 0.6 is 23.3 Å². The van der Waals surface area contributed by atoms with Crippen LogP contribution in [0.25, 0.3) is 16.3 Å². The number of halogens is 2. The molecule has 0 aliphatic carbocycles. The summed E-state index contributed by atoms with van der Waals surface area (Å²) in [5, 5.41) is 11.3. The molecule has 1 unspecified atom stereocenters. The molecule has 2 atom stereocenters. The van der Waals surface area contributed by atoms with Crippen molar-refractivity contribution >= 4 is 34.5 Å². The number of alkyl halides is 2. The van der Waals surface area contributed by atoms with Gasteiger partial charge in [-0.05, 0) is 38.8 Å². The molecule has 0 spiro atoms. The van der Waals surface area contributed by atoms with Gasteiger partial charge in [0.05, 0.1) is 36.2 Å². The topological polar surface area (TPSA) is 79.6 Å². The number of hydrogen-bond donors (Lipinski definition) is 2. The van der Waals surface area contributed by atoms with Crippen LogP contribution < -0.4 is 14.9 Å². The Morgan fingerprint density at radius 3 is 2.66 bits per heavy atom. The van der Waals surface area contributed by atoms with Crippen molar-refractivity contribution in [2.24, 2.45) is 0 Å². The number of piperazine rings is 1. The summed E-state index contributed by atoms with van der Waals surface area (Å²) in [6.07, 6.45) is 1.11. The molecule has 2 aliphatic rings. The summed E-state index contributed by atoms with van der Waals surface area (Å²) < 4.78 is 36.9. The summed E-state index contributed by atoms with van der Waals surface area (Å²) in [4.78, 5) is 7.90. The Hall–Kier alpha value is -1.86. The molecule has 0 amide bonds. The van der Waals surface area contributed by atoms with Gasteiger partial charge in [0.15, 0.2) is 15.8 Å². The molecule has 0 saturated carbocycles. The van der Waals surface area contributed by atoms with Crippen LogP contribution in [-0.4, -0.2) is 63.5 Å². The average molecular weight is 482 g/mol. The third-order valence-corrected chi connectivity index (χ3v) is 7.55. The largest absolute Gasteiger partial charge is 0.377 e. The van der Waals surface area contributed by atoms with Crippen LogP contribution in [0.5, 0.6) is 0 Å². The molecule has 2 aliphatic heterocycles. The summed E-state index contributed by atoms with van der Waals surface area (Å²) in [6.45, 7) is 9.53. The SMILES string of the molecule is CC1CN(c2cc(SNC3(C)COC3)cn3c(-c4nnc(C(F)F)s4)ncc23)C[C@H](C)N1. The van der Waals surface area contributed by atoms with E-state index in [4.69, 9.17) is 4.74 Å². The van der Waals surface area contributed by atoms with Crippen molar-refractivity contribution in [1.29, 1.82) is 0 Å². The number of nitrogens with zero attached hydrogens (tertiary/aromatic N) is 5. The molecule has 3 aromatic rings. The highest BCUT2D eigenvalue weighted by atomic mass is 32.2. The Morgan fingerprint density at radius 2 is 2.03 bits per heavy atom. The highest BCUT2D eigenvalue weighted by molar-refractivity contribution is 7.97. The number of aromatic nitrogens is 4. The van der Waals surface area contributed by atoms with Gasteiger partial charge in [-0.15, -0.1) is 10.2 Å². The van der Waals surface area contributed by atoms with Crippen molar-refractivity contribution < 1.29 is 13.5 Å². The van der Waals surface area contributed by atoms with E-state index < -0.39 is 6.43 Å². The first kappa shape index (κ1) is 22.0. The normalized spacial score (nSPS) is 23.1. The molecule has 8 nitrogen and oxygen atoms in total. The second-order valence-corrected chi connectivity index (χ2v) is 10.7. The van der Waals surface area contributed by atoms with Gasteiger partial charge < -0.3 is 15.0 Å². The Balaban J connectivity index is 1.56. The van der Waals surface area contributed by atoms with E-state index in [1.54, 1.807) is 18.1 Å². The predicted molar refractivity (Wildman–Crippen MR) is 122 cm³/mol. The van der Waals surface area contributed by atoms with Crippen LogP contribution in [-0.2, 0) is 4.74 Å². The van der Waals surface area contributed by atoms with Crippen LogP contribution in [0.3, 0.4) is 0 Å². The number of anilines is 1. The van der Waals surface area contributed by atoms with Crippen molar-refractivity contribution in [3.8, 4) is 10.8 Å². The van der Waals surface area contributed by atoms with Gasteiger partial charge in [0.25, 0.3) is 6.43 Å². The zero-order valence-electron chi connectivity index (χ0n) is 18.0. The lowest BCUT2D eigenvalue weighted by Crippen LogP contribution is -2.55. The summed E-state index contributed by atoms with van der Waals surface area (Å²) in [7, 11) is 0. The third-order valence-electron chi connectivity index (χ3n) is 5.57. The number of imidazole rings is 1. The van der Waals surface area contributed by atoms with E-state index in [-0.39, 0.29) is 10.5 Å². The standard InChI is InChI=1S/C20H25F2N7OS2/c1-11-6-28(7-12(2)24-11)14-4-13(32-27-20(3)9-30-10-20)8-29-15(14)5-23-17(29)19-26-25-18(31-19)16(21)22/h4-5,8,11-12,16,24,27H,6-7,9-10H2,1-3H3/t11-,12?/m0/s1. The van der Waals surface area contributed by atoms with E-state index in [0.29, 0.717) is 36.1 Å². The predicted octanol–water partition coefficient (Wildman–Crippen LogP) is 3.36. The van der Waals surface area contributed by atoms with Crippen LogP contribution in [0.2, 0.25) is 0 Å². The van der Waals surface area contributed by atoms with Crippen LogP contribution in [0.1, 0.15) is 32.2 Å². The highest BCUT2D eigenvalue weighted by Crippen LogP contribution is 2.35. The lowest BCUT2D eigenvalue weighted by atomic mass is 10.0. The van der Waals surface area contributed by atoms with E-state index in [1.807, 2.05) is 10.6 Å². The van der Waals surface area contributed by atoms with Crippen molar-refractivity contribution in [2.45, 2.75) is 49.7 Å². The quantitative estimate of drug-likeness (QED) is 0.519. The van der Waals surface area contributed by atoms with Gasteiger partial charge in [0, 0.05) is 36.3 Å². The minimum absolute atomic E-state index is 0.0684. The van der Waals surface area contributed by atoms with Crippen LogP contribution in [0.4, 0.5) is 14.5 Å². The van der Waals surface area contributed by atoms with Crippen molar-refractivity contribution in [2.75, 3.05) is 31.2 Å². The number of hydrogen-bond acceptors (Lipinski definition) is 9. The highest BCUT2D eigenvalue weighted by Gasteiger charge is 2.33. The van der Waals surface area contributed by atoms with E-state index in [2.05, 4.69) is 57.0 Å². The number of nitrogens with one attached hydrogen (secondary N) is 2. The molecule has 5 heterocycles. The van der Waals surface area contributed by atoms with Crippen molar-refractivity contribution in [3.63, 3.8) is 0 Å². The molecule has 0 radical (unpaired) electrons. The van der Waals surface area contributed by atoms with E-state index in [0.717, 1.165) is 40.5 Å². The Morgan fingerprint density at radius 1 is 1.28 bits per heavy atom. The zero-order chi connectivity index (χ0) is 22.5. The molecular weight excluding hydrogens is 456 g/mol. The molecule has 12 heteroatoms. The second kappa shape index (κ2) is 8.49. The summed E-state index contributed by atoms with van der Waals surface area (Å²) >= 11 is 2.42. The van der Waals surface area contributed by atoms with Crippen molar-refractivity contribution in [1.82, 2.24) is 29.6 Å². The number of pyridine rings is 1. The molecule has 2 saturated heterocycles. The first-order valence-electron chi connectivity index (χ1n) is 10.5. The van der Waals surface area contributed by atoms with E-state index in [1.165, 1.54) is 0 Å². The van der Waals surface area contributed by atoms with E-state index >= 15 is 0 Å². The van der Waals surface area contributed by atoms with Crippen LogP contribution in [0.15, 0.2) is 23.4 Å². The molecule has 2 N–H and O–H groups in total. The maximum atomic E-state index is 13.1. The number of fused-ring (bicyclic) bond motifs is 1. The van der Waals surface area contributed by atoms with Gasteiger partial charge in [-0.25, -0.2) is 18.5 Å². The lowest BCUT2D eigenvalue weighted by Gasteiger charge is -2.39. The maximum Gasteiger partial charge on any atom is 0.291 e. The van der Waals surface area contributed by atoms with Gasteiger partial charge in [-0.3, -0.25) is 4.40 Å². The number of rotatable bonds is 6. The molecule has 0 aromatic carbocycles. The zero-order valence-corrected chi connectivity index (χ0v) is 19.6. The Kier molecular flexibility index (Phi) is 5.82. The van der Waals surface area contributed by atoms with Crippen LogP contribution in [0, 0.1) is 0 Å². The first-order valence-corrected chi connectivity index (χ1v) is 12.1. The molecule has 0 bridgehead atoms. The smallest absolute Gasteiger partial charge is 0.291 e. The molecule has 5 rings (SSSR count).